The number of carboxylic acids is 2. The van der Waals surface area contributed by atoms with E-state index in [1.54, 1.807) is 6.08 Å². The van der Waals surface area contributed by atoms with Crippen LogP contribution in [0.4, 0.5) is 0 Å². The van der Waals surface area contributed by atoms with Gasteiger partial charge in [-0.15, -0.1) is 0 Å². The summed E-state index contributed by atoms with van der Waals surface area (Å²) >= 11 is 0. The van der Waals surface area contributed by atoms with Gasteiger partial charge >= 0.3 is 11.9 Å². The molecule has 96 valence electrons. The molecule has 1 rings (SSSR count). The van der Waals surface area contributed by atoms with Crippen LogP contribution in [0, 0.1) is 11.8 Å². The number of aliphatic carboxylic acids is 2. The number of rotatable bonds is 2. The van der Waals surface area contributed by atoms with Crippen LogP contribution in [0.2, 0.25) is 0 Å². The molecule has 0 saturated carbocycles. The van der Waals surface area contributed by atoms with Gasteiger partial charge in [0.1, 0.15) is 0 Å². The third-order valence-electron chi connectivity index (χ3n) is 2.21. The number of carbonyl (C=O) groups is 3. The van der Waals surface area contributed by atoms with Crippen molar-refractivity contribution in [3.05, 3.63) is 12.2 Å². The molecular weight excluding hydrogens is 228 g/mol. The number of esters is 1. The van der Waals surface area contributed by atoms with Gasteiger partial charge in [0.05, 0.1) is 18.9 Å². The molecule has 0 radical (unpaired) electrons. The molecule has 0 fully saturated rings. The summed E-state index contributed by atoms with van der Waals surface area (Å²) in [5.74, 6) is -3.48. The number of carboxylic acid groups (broad SMARTS) is 2. The predicted molar refractivity (Wildman–Crippen MR) is 58.3 cm³/mol. The van der Waals surface area contributed by atoms with Crippen LogP contribution in [0.1, 0.15) is 19.8 Å². The van der Waals surface area contributed by atoms with E-state index in [2.05, 4.69) is 4.74 Å². The van der Waals surface area contributed by atoms with Gasteiger partial charge in [0.15, 0.2) is 0 Å². The average molecular weight is 244 g/mol. The van der Waals surface area contributed by atoms with Crippen LogP contribution >= 0.6 is 0 Å². The topological polar surface area (TPSA) is 101 Å². The van der Waals surface area contributed by atoms with Crippen LogP contribution in [0.25, 0.3) is 0 Å². The zero-order chi connectivity index (χ0) is 13.4. The monoisotopic (exact) mass is 244 g/mol. The zero-order valence-electron chi connectivity index (χ0n) is 9.75. The summed E-state index contributed by atoms with van der Waals surface area (Å²) in [4.78, 5) is 30.9. The van der Waals surface area contributed by atoms with Gasteiger partial charge in [-0.2, -0.15) is 0 Å². The van der Waals surface area contributed by atoms with E-state index < -0.39 is 29.7 Å². The molecule has 1 aliphatic rings. The molecule has 0 heterocycles. The number of allylic oxidation sites excluding steroid dienone is 1. The summed E-state index contributed by atoms with van der Waals surface area (Å²) in [5, 5.41) is 16.2. The molecule has 0 bridgehead atoms. The fraction of sp³-hybridized carbons (Fsp3) is 0.545. The molecule has 2 N–H and O–H groups in total. The lowest BCUT2D eigenvalue weighted by Crippen LogP contribution is -2.31. The molecule has 0 spiro atoms. The summed E-state index contributed by atoms with van der Waals surface area (Å²) in [5.41, 5.74) is 0. The van der Waals surface area contributed by atoms with Gasteiger partial charge < -0.3 is 14.9 Å². The lowest BCUT2D eigenvalue weighted by Gasteiger charge is -2.21. The van der Waals surface area contributed by atoms with E-state index in [1.807, 2.05) is 6.08 Å². The summed E-state index contributed by atoms with van der Waals surface area (Å²) in [7, 11) is 1.27. The second kappa shape index (κ2) is 7.43. The van der Waals surface area contributed by atoms with E-state index in [9.17, 15) is 9.59 Å². The molecule has 2 unspecified atom stereocenters. The molecule has 1 aliphatic carbocycles. The Morgan fingerprint density at radius 1 is 1.29 bits per heavy atom. The molecule has 17 heavy (non-hydrogen) atoms. The molecule has 0 amide bonds. The quantitative estimate of drug-likeness (QED) is 0.553. The SMILES string of the molecule is CC(=O)O.COC(=O)C1C=CCCC1C(=O)O. The van der Waals surface area contributed by atoms with Gasteiger partial charge in [0.25, 0.3) is 5.97 Å². The second-order valence-electron chi connectivity index (χ2n) is 3.52. The molecule has 0 aliphatic heterocycles. The van der Waals surface area contributed by atoms with Crippen molar-refractivity contribution in [3.8, 4) is 0 Å². The first-order valence-corrected chi connectivity index (χ1v) is 5.07. The minimum absolute atomic E-state index is 0.469. The van der Waals surface area contributed by atoms with Crippen LogP contribution in [0.3, 0.4) is 0 Å². The minimum Gasteiger partial charge on any atom is -0.481 e. The Hall–Kier alpha value is -1.85. The molecule has 0 aromatic rings. The number of ether oxygens (including phenoxy) is 1. The largest absolute Gasteiger partial charge is 0.481 e. The maximum absolute atomic E-state index is 11.1. The zero-order valence-corrected chi connectivity index (χ0v) is 9.75. The van der Waals surface area contributed by atoms with Crippen LogP contribution in [-0.4, -0.2) is 35.2 Å². The van der Waals surface area contributed by atoms with E-state index in [0.717, 1.165) is 6.92 Å². The molecule has 6 heteroatoms. The van der Waals surface area contributed by atoms with E-state index in [0.29, 0.717) is 12.8 Å². The van der Waals surface area contributed by atoms with Gasteiger partial charge in [0.2, 0.25) is 0 Å². The fourth-order valence-electron chi connectivity index (χ4n) is 1.49. The first kappa shape index (κ1) is 15.2. The highest BCUT2D eigenvalue weighted by atomic mass is 16.5. The Kier molecular flexibility index (Phi) is 6.62. The summed E-state index contributed by atoms with van der Waals surface area (Å²) in [6, 6.07) is 0. The summed E-state index contributed by atoms with van der Waals surface area (Å²) < 4.78 is 4.52. The maximum atomic E-state index is 11.1. The highest BCUT2D eigenvalue weighted by molar-refractivity contribution is 5.82. The number of hydrogen-bond donors (Lipinski definition) is 2. The minimum atomic E-state index is -0.931. The molecule has 0 aromatic carbocycles. The Bertz CT molecular complexity index is 316. The van der Waals surface area contributed by atoms with Gasteiger partial charge in [-0.05, 0) is 12.8 Å². The van der Waals surface area contributed by atoms with Gasteiger partial charge in [-0.3, -0.25) is 14.4 Å². The summed E-state index contributed by atoms with van der Waals surface area (Å²) in [6.07, 6.45) is 4.66. The molecule has 0 aromatic heterocycles. The molecule has 0 saturated heterocycles. The van der Waals surface area contributed by atoms with Crippen LogP contribution in [0.5, 0.6) is 0 Å². The lowest BCUT2D eigenvalue weighted by molar-refractivity contribution is -0.154. The maximum Gasteiger partial charge on any atom is 0.313 e. The first-order valence-electron chi connectivity index (χ1n) is 5.07. The Morgan fingerprint density at radius 2 is 1.82 bits per heavy atom. The van der Waals surface area contributed by atoms with Crippen LogP contribution in [0.15, 0.2) is 12.2 Å². The highest BCUT2D eigenvalue weighted by Crippen LogP contribution is 2.25. The molecular formula is C11H16O6. The first-order chi connectivity index (χ1) is 7.90. The van der Waals surface area contributed by atoms with Gasteiger partial charge in [0, 0.05) is 6.92 Å². The smallest absolute Gasteiger partial charge is 0.313 e. The van der Waals surface area contributed by atoms with Crippen molar-refractivity contribution in [2.24, 2.45) is 11.8 Å². The predicted octanol–water partition coefficient (Wildman–Crippen LogP) is 0.917. The van der Waals surface area contributed by atoms with Crippen molar-refractivity contribution in [1.29, 1.82) is 0 Å². The van der Waals surface area contributed by atoms with Gasteiger partial charge in [-0.1, -0.05) is 12.2 Å². The number of hydrogen-bond acceptors (Lipinski definition) is 4. The van der Waals surface area contributed by atoms with E-state index >= 15 is 0 Å². The van der Waals surface area contributed by atoms with Crippen molar-refractivity contribution in [1.82, 2.24) is 0 Å². The van der Waals surface area contributed by atoms with E-state index in [1.165, 1.54) is 7.11 Å². The van der Waals surface area contributed by atoms with Crippen molar-refractivity contribution < 1.29 is 29.3 Å². The Morgan fingerprint density at radius 3 is 2.24 bits per heavy atom. The van der Waals surface area contributed by atoms with Crippen LogP contribution < -0.4 is 0 Å². The van der Waals surface area contributed by atoms with Crippen molar-refractivity contribution in [2.45, 2.75) is 19.8 Å². The van der Waals surface area contributed by atoms with Crippen molar-refractivity contribution in [2.75, 3.05) is 7.11 Å². The molecule has 2 atom stereocenters. The normalized spacial score (nSPS) is 22.0. The number of carbonyl (C=O) groups excluding carboxylic acids is 1. The van der Waals surface area contributed by atoms with E-state index in [4.69, 9.17) is 15.0 Å². The highest BCUT2D eigenvalue weighted by Gasteiger charge is 2.33. The Labute approximate surface area is 98.9 Å². The third kappa shape index (κ3) is 5.70. The van der Waals surface area contributed by atoms with Crippen LogP contribution in [-0.2, 0) is 19.1 Å². The van der Waals surface area contributed by atoms with E-state index in [-0.39, 0.29) is 0 Å². The fourth-order valence-corrected chi connectivity index (χ4v) is 1.49. The Balaban J connectivity index is 0.000000557. The number of methoxy groups -OCH3 is 1. The lowest BCUT2D eigenvalue weighted by atomic mass is 9.84. The molecule has 6 nitrogen and oxygen atoms in total. The summed E-state index contributed by atoms with van der Waals surface area (Å²) in [6.45, 7) is 1.08. The van der Waals surface area contributed by atoms with Gasteiger partial charge in [-0.25, -0.2) is 0 Å². The second-order valence-corrected chi connectivity index (χ2v) is 3.52. The average Bonchev–Trinajstić information content (AvgIpc) is 2.27. The standard InChI is InChI=1S/C9H12O4.C2H4O2/c1-13-9(12)7-5-3-2-4-6(7)8(10)11;1-2(3)4/h3,5-7H,2,4H2,1H3,(H,10,11);1H3,(H,3,4). The van der Waals surface area contributed by atoms with Crippen molar-refractivity contribution >= 4 is 17.9 Å². The third-order valence-corrected chi connectivity index (χ3v) is 2.21. The van der Waals surface area contributed by atoms with Crippen molar-refractivity contribution in [3.63, 3.8) is 0 Å².